The third-order valence-electron chi connectivity index (χ3n) is 2.63. The lowest BCUT2D eigenvalue weighted by molar-refractivity contribution is 0.178. The second-order valence-electron chi connectivity index (χ2n) is 4.70. The molecule has 0 aliphatic rings. The van der Waals surface area contributed by atoms with Crippen LogP contribution >= 0.6 is 0 Å². The molecule has 14 heavy (non-hydrogen) atoms. The Bertz CT molecular complexity index is 261. The standard InChI is InChI=1S/C12H20N2/c1-12(2,3)14(4)10-7-11-5-8-13-9-6-11/h5-6,8-9H,7,10H2,1-4H3. The maximum Gasteiger partial charge on any atom is 0.0270 e. The van der Waals surface area contributed by atoms with Crippen molar-refractivity contribution in [1.82, 2.24) is 9.88 Å². The zero-order chi connectivity index (χ0) is 10.6. The van der Waals surface area contributed by atoms with Crippen LogP contribution in [0.4, 0.5) is 0 Å². The van der Waals surface area contributed by atoms with Crippen LogP contribution in [0.3, 0.4) is 0 Å². The molecular formula is C12H20N2. The monoisotopic (exact) mass is 192 g/mol. The van der Waals surface area contributed by atoms with Crippen LogP contribution < -0.4 is 0 Å². The van der Waals surface area contributed by atoms with E-state index in [-0.39, 0.29) is 5.54 Å². The predicted molar refractivity (Wildman–Crippen MR) is 60.3 cm³/mol. The molecule has 2 nitrogen and oxygen atoms in total. The normalized spacial score (nSPS) is 12.1. The minimum Gasteiger partial charge on any atom is -0.301 e. The van der Waals surface area contributed by atoms with Gasteiger partial charge in [-0.25, -0.2) is 0 Å². The number of hydrogen-bond donors (Lipinski definition) is 0. The van der Waals surface area contributed by atoms with Gasteiger partial charge >= 0.3 is 0 Å². The fourth-order valence-electron chi connectivity index (χ4n) is 1.18. The van der Waals surface area contributed by atoms with Crippen molar-refractivity contribution in [2.45, 2.75) is 32.7 Å². The van der Waals surface area contributed by atoms with Gasteiger partial charge in [-0.1, -0.05) is 0 Å². The van der Waals surface area contributed by atoms with E-state index in [1.54, 1.807) is 0 Å². The van der Waals surface area contributed by atoms with Crippen molar-refractivity contribution < 1.29 is 0 Å². The molecule has 78 valence electrons. The van der Waals surface area contributed by atoms with Gasteiger partial charge < -0.3 is 4.90 Å². The van der Waals surface area contributed by atoms with Crippen molar-refractivity contribution in [2.75, 3.05) is 13.6 Å². The van der Waals surface area contributed by atoms with Gasteiger partial charge in [-0.3, -0.25) is 4.98 Å². The molecule has 0 unspecified atom stereocenters. The molecule has 0 aliphatic carbocycles. The maximum atomic E-state index is 4.01. The van der Waals surface area contributed by atoms with Gasteiger partial charge in [0.25, 0.3) is 0 Å². The molecular weight excluding hydrogens is 172 g/mol. The predicted octanol–water partition coefficient (Wildman–Crippen LogP) is 2.35. The molecule has 0 saturated carbocycles. The highest BCUT2D eigenvalue weighted by molar-refractivity contribution is 5.09. The number of hydrogen-bond acceptors (Lipinski definition) is 2. The number of likely N-dealkylation sites (N-methyl/N-ethyl adjacent to an activating group) is 1. The van der Waals surface area contributed by atoms with Gasteiger partial charge in [0.05, 0.1) is 0 Å². The van der Waals surface area contributed by atoms with Crippen LogP contribution in [0.2, 0.25) is 0 Å². The molecule has 0 spiro atoms. The van der Waals surface area contributed by atoms with E-state index in [1.807, 2.05) is 12.4 Å². The van der Waals surface area contributed by atoms with Crippen molar-refractivity contribution in [3.63, 3.8) is 0 Å². The second kappa shape index (κ2) is 4.56. The summed E-state index contributed by atoms with van der Waals surface area (Å²) >= 11 is 0. The van der Waals surface area contributed by atoms with Crippen LogP contribution in [0, 0.1) is 0 Å². The lowest BCUT2D eigenvalue weighted by atomic mass is 10.1. The summed E-state index contributed by atoms with van der Waals surface area (Å²) in [6, 6.07) is 4.16. The molecule has 0 radical (unpaired) electrons. The fourth-order valence-corrected chi connectivity index (χ4v) is 1.18. The topological polar surface area (TPSA) is 16.1 Å². The lowest BCUT2D eigenvalue weighted by Gasteiger charge is -2.31. The van der Waals surface area contributed by atoms with Gasteiger partial charge in [-0.05, 0) is 51.9 Å². The summed E-state index contributed by atoms with van der Waals surface area (Å²) in [6.07, 6.45) is 4.80. The van der Waals surface area contributed by atoms with Crippen LogP contribution in [-0.4, -0.2) is 29.0 Å². The van der Waals surface area contributed by atoms with Crippen LogP contribution in [-0.2, 0) is 6.42 Å². The number of rotatable bonds is 3. The highest BCUT2D eigenvalue weighted by Crippen LogP contribution is 2.11. The Kier molecular flexibility index (Phi) is 3.64. The smallest absolute Gasteiger partial charge is 0.0270 e. The zero-order valence-corrected chi connectivity index (χ0v) is 9.62. The third kappa shape index (κ3) is 3.46. The molecule has 1 aromatic rings. The molecule has 0 aliphatic heterocycles. The van der Waals surface area contributed by atoms with Gasteiger partial charge in [0.2, 0.25) is 0 Å². The largest absolute Gasteiger partial charge is 0.301 e. The minimum atomic E-state index is 0.257. The van der Waals surface area contributed by atoms with E-state index in [2.05, 4.69) is 49.8 Å². The van der Waals surface area contributed by atoms with Crippen molar-refractivity contribution >= 4 is 0 Å². The van der Waals surface area contributed by atoms with Crippen LogP contribution in [0.25, 0.3) is 0 Å². The molecule has 0 saturated heterocycles. The quantitative estimate of drug-likeness (QED) is 0.731. The first kappa shape index (κ1) is 11.2. The van der Waals surface area contributed by atoms with Crippen LogP contribution in [0.15, 0.2) is 24.5 Å². The first-order valence-electron chi connectivity index (χ1n) is 5.10. The first-order valence-corrected chi connectivity index (χ1v) is 5.10. The van der Waals surface area contributed by atoms with Crippen LogP contribution in [0.1, 0.15) is 26.3 Å². The highest BCUT2D eigenvalue weighted by Gasteiger charge is 2.15. The van der Waals surface area contributed by atoms with Crippen molar-refractivity contribution in [2.24, 2.45) is 0 Å². The molecule has 0 bridgehead atoms. The Morgan fingerprint density at radius 1 is 1.21 bits per heavy atom. The zero-order valence-electron chi connectivity index (χ0n) is 9.62. The SMILES string of the molecule is CN(CCc1ccncc1)C(C)(C)C. The van der Waals surface area contributed by atoms with Gasteiger partial charge in [0, 0.05) is 24.5 Å². The van der Waals surface area contributed by atoms with Gasteiger partial charge in [-0.2, -0.15) is 0 Å². The Morgan fingerprint density at radius 3 is 2.29 bits per heavy atom. The van der Waals surface area contributed by atoms with Gasteiger partial charge in [0.1, 0.15) is 0 Å². The lowest BCUT2D eigenvalue weighted by Crippen LogP contribution is -2.39. The molecule has 0 N–H and O–H groups in total. The van der Waals surface area contributed by atoms with Crippen molar-refractivity contribution in [3.05, 3.63) is 30.1 Å². The van der Waals surface area contributed by atoms with E-state index in [0.29, 0.717) is 0 Å². The molecule has 0 aromatic carbocycles. The van der Waals surface area contributed by atoms with E-state index in [4.69, 9.17) is 0 Å². The van der Waals surface area contributed by atoms with E-state index < -0.39 is 0 Å². The van der Waals surface area contributed by atoms with E-state index in [1.165, 1.54) is 5.56 Å². The number of aromatic nitrogens is 1. The van der Waals surface area contributed by atoms with Crippen LogP contribution in [0.5, 0.6) is 0 Å². The maximum absolute atomic E-state index is 4.01. The summed E-state index contributed by atoms with van der Waals surface area (Å²) in [4.78, 5) is 6.38. The summed E-state index contributed by atoms with van der Waals surface area (Å²) in [6.45, 7) is 7.80. The molecule has 2 heteroatoms. The Hall–Kier alpha value is -0.890. The Morgan fingerprint density at radius 2 is 1.79 bits per heavy atom. The summed E-state index contributed by atoms with van der Waals surface area (Å²) in [5.41, 5.74) is 1.61. The highest BCUT2D eigenvalue weighted by atomic mass is 15.1. The van der Waals surface area contributed by atoms with E-state index in [9.17, 15) is 0 Å². The summed E-state index contributed by atoms with van der Waals surface area (Å²) in [5.74, 6) is 0. The minimum absolute atomic E-state index is 0.257. The molecule has 1 aromatic heterocycles. The molecule has 0 atom stereocenters. The Balaban J connectivity index is 2.42. The third-order valence-corrected chi connectivity index (χ3v) is 2.63. The van der Waals surface area contributed by atoms with E-state index >= 15 is 0 Å². The summed E-state index contributed by atoms with van der Waals surface area (Å²) < 4.78 is 0. The molecule has 0 fully saturated rings. The fraction of sp³-hybridized carbons (Fsp3) is 0.583. The second-order valence-corrected chi connectivity index (χ2v) is 4.70. The summed E-state index contributed by atoms with van der Waals surface area (Å²) in [5, 5.41) is 0. The van der Waals surface area contributed by atoms with Gasteiger partial charge in [0.15, 0.2) is 0 Å². The number of pyridine rings is 1. The van der Waals surface area contributed by atoms with Crippen molar-refractivity contribution in [1.29, 1.82) is 0 Å². The average Bonchev–Trinajstić information content (AvgIpc) is 2.14. The van der Waals surface area contributed by atoms with Crippen molar-refractivity contribution in [3.8, 4) is 0 Å². The summed E-state index contributed by atoms with van der Waals surface area (Å²) in [7, 11) is 2.17. The number of nitrogens with zero attached hydrogens (tertiary/aromatic N) is 2. The van der Waals surface area contributed by atoms with Gasteiger partial charge in [-0.15, -0.1) is 0 Å². The molecule has 0 amide bonds. The average molecular weight is 192 g/mol. The van der Waals surface area contributed by atoms with E-state index in [0.717, 1.165) is 13.0 Å². The Labute approximate surface area is 87.0 Å². The molecule has 1 rings (SSSR count). The first-order chi connectivity index (χ1) is 6.50. The molecule has 1 heterocycles.